The van der Waals surface area contributed by atoms with Crippen LogP contribution in [-0.4, -0.2) is 29.6 Å². The van der Waals surface area contributed by atoms with Crippen molar-refractivity contribution in [3.05, 3.63) is 23.9 Å². The Bertz CT molecular complexity index is 570. The maximum Gasteiger partial charge on any atom is 0.223 e. The minimum Gasteiger partial charge on any atom is -0.474 e. The Morgan fingerprint density at radius 2 is 2.08 bits per heavy atom. The maximum absolute atomic E-state index is 12.4. The molecule has 0 spiro atoms. The highest BCUT2D eigenvalue weighted by atomic mass is 16.5. The van der Waals surface area contributed by atoms with Crippen LogP contribution in [0.25, 0.3) is 0 Å². The van der Waals surface area contributed by atoms with Gasteiger partial charge in [0.25, 0.3) is 0 Å². The van der Waals surface area contributed by atoms with E-state index in [9.17, 15) is 4.79 Å². The summed E-state index contributed by atoms with van der Waals surface area (Å²) < 4.78 is 6.05. The Morgan fingerprint density at radius 3 is 2.84 bits per heavy atom. The number of carbonyl (C=O) groups is 1. The smallest absolute Gasteiger partial charge is 0.223 e. The fourth-order valence-corrected chi connectivity index (χ4v) is 3.85. The summed E-state index contributed by atoms with van der Waals surface area (Å²) in [5, 5.41) is 6.46. The van der Waals surface area contributed by atoms with Crippen LogP contribution in [0.5, 0.6) is 5.88 Å². The van der Waals surface area contributed by atoms with Crippen molar-refractivity contribution < 1.29 is 9.53 Å². The molecule has 2 atom stereocenters. The highest BCUT2D eigenvalue weighted by molar-refractivity contribution is 5.78. The van der Waals surface area contributed by atoms with Gasteiger partial charge in [0.1, 0.15) is 6.10 Å². The summed E-state index contributed by atoms with van der Waals surface area (Å²) in [6, 6.07) is 4.33. The van der Waals surface area contributed by atoms with Gasteiger partial charge in [-0.05, 0) is 69.5 Å². The number of nitrogens with one attached hydrogen (secondary N) is 2. The van der Waals surface area contributed by atoms with E-state index in [1.165, 1.54) is 12.8 Å². The number of aromatic nitrogens is 1. The van der Waals surface area contributed by atoms with E-state index in [0.29, 0.717) is 18.5 Å². The second-order valence-corrected chi connectivity index (χ2v) is 7.80. The number of ether oxygens (including phenoxy) is 1. The zero-order valence-electron chi connectivity index (χ0n) is 15.5. The molecular weight excluding hydrogens is 314 g/mol. The first-order chi connectivity index (χ1) is 12.1. The molecule has 3 rings (SSSR count). The Labute approximate surface area is 150 Å². The van der Waals surface area contributed by atoms with E-state index >= 15 is 0 Å². The summed E-state index contributed by atoms with van der Waals surface area (Å²) in [6.45, 7) is 5.91. The minimum absolute atomic E-state index is 0.123. The molecule has 2 aliphatic rings. The Kier molecular flexibility index (Phi) is 6.29. The van der Waals surface area contributed by atoms with Gasteiger partial charge >= 0.3 is 0 Å². The third-order valence-electron chi connectivity index (χ3n) is 5.51. The Hall–Kier alpha value is -1.62. The van der Waals surface area contributed by atoms with Crippen molar-refractivity contribution in [2.24, 2.45) is 11.8 Å². The molecule has 2 N–H and O–H groups in total. The van der Waals surface area contributed by atoms with Gasteiger partial charge in [0, 0.05) is 30.8 Å². The van der Waals surface area contributed by atoms with Crippen molar-refractivity contribution in [2.45, 2.75) is 71.1 Å². The minimum atomic E-state index is 0.123. The fraction of sp³-hybridized carbons (Fsp3) is 0.700. The van der Waals surface area contributed by atoms with Crippen molar-refractivity contribution in [2.75, 3.05) is 6.54 Å². The number of pyridine rings is 1. The van der Waals surface area contributed by atoms with Crippen molar-refractivity contribution in [3.8, 4) is 5.88 Å². The van der Waals surface area contributed by atoms with Crippen molar-refractivity contribution in [1.82, 2.24) is 15.6 Å². The summed E-state index contributed by atoms with van der Waals surface area (Å²) in [6.07, 6.45) is 8.57. The average Bonchev–Trinajstić information content (AvgIpc) is 2.62. The molecule has 1 saturated carbocycles. The summed E-state index contributed by atoms with van der Waals surface area (Å²) in [5.41, 5.74) is 1.05. The monoisotopic (exact) mass is 345 g/mol. The molecule has 1 amide bonds. The first kappa shape index (κ1) is 18.2. The lowest BCUT2D eigenvalue weighted by Gasteiger charge is -2.27. The zero-order chi connectivity index (χ0) is 17.6. The lowest BCUT2D eigenvalue weighted by atomic mass is 9.89. The van der Waals surface area contributed by atoms with Crippen LogP contribution < -0.4 is 15.4 Å². The zero-order valence-corrected chi connectivity index (χ0v) is 15.5. The molecule has 2 fully saturated rings. The first-order valence-corrected chi connectivity index (χ1v) is 9.73. The van der Waals surface area contributed by atoms with Crippen LogP contribution in [0.1, 0.15) is 57.9 Å². The van der Waals surface area contributed by atoms with Gasteiger partial charge in [-0.25, -0.2) is 4.98 Å². The van der Waals surface area contributed by atoms with Gasteiger partial charge < -0.3 is 15.4 Å². The molecule has 138 valence electrons. The van der Waals surface area contributed by atoms with Gasteiger partial charge in [0.15, 0.2) is 0 Å². The first-order valence-electron chi connectivity index (χ1n) is 9.73. The molecule has 5 heteroatoms. The van der Waals surface area contributed by atoms with E-state index < -0.39 is 0 Å². The lowest BCUT2D eigenvalue weighted by molar-refractivity contribution is -0.126. The van der Waals surface area contributed by atoms with Crippen LogP contribution in [0, 0.1) is 11.8 Å². The third-order valence-corrected chi connectivity index (χ3v) is 5.51. The summed E-state index contributed by atoms with van der Waals surface area (Å²) in [5.74, 6) is 1.78. The lowest BCUT2D eigenvalue weighted by Crippen LogP contribution is -2.42. The number of amides is 1. The summed E-state index contributed by atoms with van der Waals surface area (Å²) in [7, 11) is 0. The average molecular weight is 345 g/mol. The van der Waals surface area contributed by atoms with Crippen LogP contribution in [0.2, 0.25) is 0 Å². The van der Waals surface area contributed by atoms with E-state index in [1.54, 1.807) is 6.20 Å². The Morgan fingerprint density at radius 1 is 1.28 bits per heavy atom. The van der Waals surface area contributed by atoms with Crippen LogP contribution in [0.3, 0.4) is 0 Å². The molecule has 0 bridgehead atoms. The van der Waals surface area contributed by atoms with E-state index in [4.69, 9.17) is 4.74 Å². The van der Waals surface area contributed by atoms with Gasteiger partial charge in [-0.3, -0.25) is 4.79 Å². The number of carbonyl (C=O) groups excluding carboxylic acids is 1. The van der Waals surface area contributed by atoms with E-state index in [0.717, 1.165) is 43.7 Å². The Balaban J connectivity index is 1.48. The predicted octanol–water partition coefficient (Wildman–Crippen LogP) is 3.04. The molecule has 25 heavy (non-hydrogen) atoms. The van der Waals surface area contributed by atoms with Crippen LogP contribution in [0.4, 0.5) is 0 Å². The molecule has 5 nitrogen and oxygen atoms in total. The van der Waals surface area contributed by atoms with Gasteiger partial charge in [-0.15, -0.1) is 0 Å². The van der Waals surface area contributed by atoms with Crippen molar-refractivity contribution in [1.29, 1.82) is 0 Å². The van der Waals surface area contributed by atoms with E-state index in [2.05, 4.69) is 29.5 Å². The molecule has 1 aromatic rings. The fourth-order valence-electron chi connectivity index (χ4n) is 3.85. The summed E-state index contributed by atoms with van der Waals surface area (Å²) in [4.78, 5) is 16.7. The van der Waals surface area contributed by atoms with Gasteiger partial charge in [-0.2, -0.15) is 0 Å². The van der Waals surface area contributed by atoms with Gasteiger partial charge in [0.05, 0.1) is 0 Å². The number of rotatable bonds is 5. The van der Waals surface area contributed by atoms with Gasteiger partial charge in [0.2, 0.25) is 11.8 Å². The standard InChI is InChI=1S/C20H31N3O2/c1-14-3-5-18(6-4-14)25-19-12-16(7-9-22-19)13-23-20(24)17-8-10-21-15(2)11-17/h7,9,12,14-15,17-18,21H,3-6,8,10-11,13H2,1-2H3,(H,23,24)/t14?,15-,17-,18?/m0/s1. The van der Waals surface area contributed by atoms with Crippen LogP contribution in [-0.2, 0) is 11.3 Å². The largest absolute Gasteiger partial charge is 0.474 e. The molecule has 1 aromatic heterocycles. The highest BCUT2D eigenvalue weighted by Crippen LogP contribution is 2.26. The second kappa shape index (κ2) is 8.65. The molecule has 1 aliphatic heterocycles. The van der Waals surface area contributed by atoms with Gasteiger partial charge in [-0.1, -0.05) is 6.92 Å². The molecule has 1 aliphatic carbocycles. The van der Waals surface area contributed by atoms with E-state index in [-0.39, 0.29) is 17.9 Å². The normalized spacial score (nSPS) is 29.8. The number of hydrogen-bond acceptors (Lipinski definition) is 4. The topological polar surface area (TPSA) is 63.2 Å². The molecule has 0 aromatic carbocycles. The second-order valence-electron chi connectivity index (χ2n) is 7.80. The van der Waals surface area contributed by atoms with E-state index in [1.807, 2.05) is 12.1 Å². The number of hydrogen-bond donors (Lipinski definition) is 2. The predicted molar refractivity (Wildman–Crippen MR) is 98.3 cm³/mol. The molecule has 1 saturated heterocycles. The molecule has 0 unspecified atom stereocenters. The third kappa shape index (κ3) is 5.43. The number of nitrogens with zero attached hydrogens (tertiary/aromatic N) is 1. The highest BCUT2D eigenvalue weighted by Gasteiger charge is 2.24. The van der Waals surface area contributed by atoms with Crippen LogP contribution >= 0.6 is 0 Å². The summed E-state index contributed by atoms with van der Waals surface area (Å²) >= 11 is 0. The molecule has 0 radical (unpaired) electrons. The molecular formula is C20H31N3O2. The molecule has 2 heterocycles. The van der Waals surface area contributed by atoms with Crippen LogP contribution in [0.15, 0.2) is 18.3 Å². The van der Waals surface area contributed by atoms with Crippen molar-refractivity contribution in [3.63, 3.8) is 0 Å². The quantitative estimate of drug-likeness (QED) is 0.861. The SMILES string of the molecule is CC1CCC(Oc2cc(CNC(=O)[C@H]3CCN[C@@H](C)C3)ccn2)CC1. The van der Waals surface area contributed by atoms with Crippen molar-refractivity contribution >= 4 is 5.91 Å². The maximum atomic E-state index is 12.4. The number of piperidine rings is 1.